The molecular weight excluding hydrogens is 667 g/mol. The Morgan fingerprint density at radius 1 is 0.309 bits per heavy atom. The summed E-state index contributed by atoms with van der Waals surface area (Å²) in [5.74, 6) is 1.91. The van der Waals surface area contributed by atoms with Crippen molar-refractivity contribution in [2.45, 2.75) is 19.3 Å². The zero-order chi connectivity index (χ0) is 36.9. The summed E-state index contributed by atoms with van der Waals surface area (Å²) < 4.78 is 0. The van der Waals surface area contributed by atoms with Crippen LogP contribution in [0.2, 0.25) is 0 Å². The van der Waals surface area contributed by atoms with E-state index in [0.29, 0.717) is 17.5 Å². The van der Waals surface area contributed by atoms with Crippen LogP contribution in [0.25, 0.3) is 89.4 Å². The molecule has 0 radical (unpaired) electrons. The van der Waals surface area contributed by atoms with Crippen LogP contribution in [0.3, 0.4) is 0 Å². The van der Waals surface area contributed by atoms with Gasteiger partial charge in [0.1, 0.15) is 0 Å². The molecule has 1 aliphatic rings. The van der Waals surface area contributed by atoms with Gasteiger partial charge in [-0.15, -0.1) is 0 Å². The summed E-state index contributed by atoms with van der Waals surface area (Å²) in [7, 11) is 0. The topological polar surface area (TPSA) is 38.7 Å². The molecule has 0 bridgehead atoms. The van der Waals surface area contributed by atoms with Gasteiger partial charge < -0.3 is 0 Å². The maximum Gasteiger partial charge on any atom is 0.164 e. The summed E-state index contributed by atoms with van der Waals surface area (Å²) in [6.07, 6.45) is 0. The molecule has 0 saturated heterocycles. The Hall–Kier alpha value is -6.97. The minimum atomic E-state index is -0.109. The Bertz CT molecular complexity index is 2870. The van der Waals surface area contributed by atoms with Crippen molar-refractivity contribution in [3.05, 3.63) is 199 Å². The molecule has 0 fully saturated rings. The number of hydrogen-bond acceptors (Lipinski definition) is 3. The second-order valence-corrected chi connectivity index (χ2v) is 14.9. The number of fused-ring (bicyclic) bond motifs is 4. The molecule has 260 valence electrons. The highest BCUT2D eigenvalue weighted by atomic mass is 15.0. The van der Waals surface area contributed by atoms with Gasteiger partial charge in [-0.05, 0) is 90.7 Å². The third-order valence-electron chi connectivity index (χ3n) is 11.1. The van der Waals surface area contributed by atoms with Gasteiger partial charge in [-0.2, -0.15) is 0 Å². The predicted octanol–water partition coefficient (Wildman–Crippen LogP) is 13.3. The van der Waals surface area contributed by atoms with Crippen LogP contribution in [-0.2, 0) is 5.41 Å². The van der Waals surface area contributed by atoms with Crippen molar-refractivity contribution >= 4 is 10.8 Å². The van der Waals surface area contributed by atoms with Crippen LogP contribution in [0.1, 0.15) is 25.0 Å². The maximum atomic E-state index is 5.22. The summed E-state index contributed by atoms with van der Waals surface area (Å²) in [6, 6.07) is 66.9. The number of hydrogen-bond donors (Lipinski definition) is 0. The van der Waals surface area contributed by atoms with Crippen LogP contribution in [0.4, 0.5) is 0 Å². The van der Waals surface area contributed by atoms with Crippen molar-refractivity contribution in [2.24, 2.45) is 0 Å². The fourth-order valence-electron chi connectivity index (χ4n) is 8.23. The average Bonchev–Trinajstić information content (AvgIpc) is 3.49. The van der Waals surface area contributed by atoms with Crippen molar-refractivity contribution in [1.82, 2.24) is 15.0 Å². The standard InChI is InChI=1S/C52H37N3/c1-52(2)47-23-12-11-21-45(47)46-29-28-39(33-48(46)52)40-30-41(44-22-13-19-36-16-9-10-20-43(36)44)32-42(31-40)51-54-49(37-17-7-4-8-18-37)53-50(55-51)38-26-24-35(25-27-38)34-14-5-3-6-15-34/h3-33H,1-2H3. The van der Waals surface area contributed by atoms with Gasteiger partial charge in [0.05, 0.1) is 0 Å². The molecule has 0 unspecified atom stereocenters. The molecule has 55 heavy (non-hydrogen) atoms. The molecule has 0 N–H and O–H groups in total. The van der Waals surface area contributed by atoms with E-state index in [1.54, 1.807) is 0 Å². The molecule has 0 amide bonds. The summed E-state index contributed by atoms with van der Waals surface area (Å²) >= 11 is 0. The van der Waals surface area contributed by atoms with E-state index in [1.807, 2.05) is 24.3 Å². The van der Waals surface area contributed by atoms with Crippen molar-refractivity contribution in [1.29, 1.82) is 0 Å². The third kappa shape index (κ3) is 5.82. The molecule has 0 aliphatic heterocycles. The number of benzene rings is 8. The maximum absolute atomic E-state index is 5.22. The lowest BCUT2D eigenvalue weighted by Gasteiger charge is -2.22. The van der Waals surface area contributed by atoms with E-state index in [2.05, 4.69) is 178 Å². The van der Waals surface area contributed by atoms with Gasteiger partial charge in [-0.25, -0.2) is 15.0 Å². The predicted molar refractivity (Wildman–Crippen MR) is 228 cm³/mol. The lowest BCUT2D eigenvalue weighted by Crippen LogP contribution is -2.14. The van der Waals surface area contributed by atoms with Gasteiger partial charge in [-0.3, -0.25) is 0 Å². The molecule has 0 spiro atoms. The molecule has 9 aromatic rings. The first-order valence-corrected chi connectivity index (χ1v) is 18.9. The number of rotatable bonds is 6. The largest absolute Gasteiger partial charge is 0.208 e. The summed E-state index contributed by atoms with van der Waals surface area (Å²) in [5.41, 5.74) is 14.9. The Labute approximate surface area is 321 Å². The molecule has 3 heteroatoms. The van der Waals surface area contributed by atoms with Crippen LogP contribution in [-0.4, -0.2) is 15.0 Å². The Balaban J connectivity index is 1.17. The Kier molecular flexibility index (Phi) is 7.81. The first-order chi connectivity index (χ1) is 27.0. The highest BCUT2D eigenvalue weighted by Gasteiger charge is 2.35. The number of aromatic nitrogens is 3. The van der Waals surface area contributed by atoms with Crippen molar-refractivity contribution in [3.8, 4) is 78.7 Å². The summed E-state index contributed by atoms with van der Waals surface area (Å²) in [6.45, 7) is 4.67. The van der Waals surface area contributed by atoms with Crippen molar-refractivity contribution < 1.29 is 0 Å². The van der Waals surface area contributed by atoms with E-state index in [9.17, 15) is 0 Å². The van der Waals surface area contributed by atoms with Crippen molar-refractivity contribution in [3.63, 3.8) is 0 Å². The zero-order valence-corrected chi connectivity index (χ0v) is 30.7. The third-order valence-corrected chi connectivity index (χ3v) is 11.1. The van der Waals surface area contributed by atoms with Crippen molar-refractivity contribution in [2.75, 3.05) is 0 Å². The SMILES string of the molecule is CC1(C)c2ccccc2-c2ccc(-c3cc(-c4nc(-c5ccccc5)nc(-c5ccc(-c6ccccc6)cc5)n4)cc(-c4cccc5ccccc45)c3)cc21. The molecule has 1 aromatic heterocycles. The molecule has 1 heterocycles. The van der Waals surface area contributed by atoms with Crippen LogP contribution >= 0.6 is 0 Å². The van der Waals surface area contributed by atoms with Gasteiger partial charge in [0, 0.05) is 22.1 Å². The smallest absolute Gasteiger partial charge is 0.164 e. The normalized spacial score (nSPS) is 12.7. The van der Waals surface area contributed by atoms with E-state index in [1.165, 1.54) is 44.2 Å². The van der Waals surface area contributed by atoms with Gasteiger partial charge in [0.2, 0.25) is 0 Å². The van der Waals surface area contributed by atoms with Gasteiger partial charge in [-0.1, -0.05) is 178 Å². The van der Waals surface area contributed by atoms with Crippen LogP contribution < -0.4 is 0 Å². The second kappa shape index (κ2) is 13.2. The van der Waals surface area contributed by atoms with E-state index in [0.717, 1.165) is 38.9 Å². The van der Waals surface area contributed by atoms with Gasteiger partial charge in [0.25, 0.3) is 0 Å². The minimum Gasteiger partial charge on any atom is -0.208 e. The molecule has 10 rings (SSSR count). The van der Waals surface area contributed by atoms with Gasteiger partial charge in [0.15, 0.2) is 17.5 Å². The summed E-state index contributed by atoms with van der Waals surface area (Å²) in [5, 5.41) is 2.41. The second-order valence-electron chi connectivity index (χ2n) is 14.9. The molecule has 1 aliphatic carbocycles. The average molecular weight is 704 g/mol. The quantitative estimate of drug-likeness (QED) is 0.173. The Morgan fingerprint density at radius 2 is 0.800 bits per heavy atom. The van der Waals surface area contributed by atoms with E-state index >= 15 is 0 Å². The fourth-order valence-corrected chi connectivity index (χ4v) is 8.23. The van der Waals surface area contributed by atoms with Crippen LogP contribution in [0.15, 0.2) is 188 Å². The minimum absolute atomic E-state index is 0.109. The Morgan fingerprint density at radius 3 is 1.56 bits per heavy atom. The first kappa shape index (κ1) is 32.7. The van der Waals surface area contributed by atoms with E-state index in [4.69, 9.17) is 15.0 Å². The molecule has 0 saturated carbocycles. The lowest BCUT2D eigenvalue weighted by atomic mass is 9.81. The molecular formula is C52H37N3. The first-order valence-electron chi connectivity index (χ1n) is 18.9. The molecule has 3 nitrogen and oxygen atoms in total. The lowest BCUT2D eigenvalue weighted by molar-refractivity contribution is 0.660. The summed E-state index contributed by atoms with van der Waals surface area (Å²) in [4.78, 5) is 15.5. The number of nitrogens with zero attached hydrogens (tertiary/aromatic N) is 3. The molecule has 0 atom stereocenters. The van der Waals surface area contributed by atoms with E-state index in [-0.39, 0.29) is 5.41 Å². The van der Waals surface area contributed by atoms with E-state index < -0.39 is 0 Å². The molecule has 8 aromatic carbocycles. The van der Waals surface area contributed by atoms with Crippen LogP contribution in [0, 0.1) is 0 Å². The highest BCUT2D eigenvalue weighted by Crippen LogP contribution is 2.50. The van der Waals surface area contributed by atoms with Gasteiger partial charge >= 0.3 is 0 Å². The monoisotopic (exact) mass is 703 g/mol. The fraction of sp³-hybridized carbons (Fsp3) is 0.0577. The zero-order valence-electron chi connectivity index (χ0n) is 30.7. The highest BCUT2D eigenvalue weighted by molar-refractivity contribution is 5.98. The van der Waals surface area contributed by atoms with Crippen LogP contribution in [0.5, 0.6) is 0 Å².